The van der Waals surface area contributed by atoms with Gasteiger partial charge in [0.2, 0.25) is 0 Å². The molecule has 1 aromatic rings. The number of aryl methyl sites for hydroxylation is 1. The zero-order valence-corrected chi connectivity index (χ0v) is 10.6. The summed E-state index contributed by atoms with van der Waals surface area (Å²) in [6.45, 7) is 2.81. The lowest BCUT2D eigenvalue weighted by molar-refractivity contribution is 0.345. The van der Waals surface area contributed by atoms with Crippen LogP contribution < -0.4 is 4.74 Å². The van der Waals surface area contributed by atoms with Gasteiger partial charge in [-0.3, -0.25) is 0 Å². The molecule has 0 fully saturated rings. The summed E-state index contributed by atoms with van der Waals surface area (Å²) in [6.07, 6.45) is 0. The van der Waals surface area contributed by atoms with Crippen molar-refractivity contribution in [3.05, 3.63) is 27.3 Å². The lowest BCUT2D eigenvalue weighted by Gasteiger charge is -2.05. The molecule has 0 unspecified atom stereocenters. The Labute approximate surface area is 94.8 Å². The second kappa shape index (κ2) is 5.07. The van der Waals surface area contributed by atoms with Gasteiger partial charge in [0.25, 0.3) is 0 Å². The lowest BCUT2D eigenvalue weighted by Crippen LogP contribution is -1.97. The van der Waals surface area contributed by atoms with Crippen molar-refractivity contribution in [3.63, 3.8) is 0 Å². The topological polar surface area (TPSA) is 9.23 Å². The van der Waals surface area contributed by atoms with Gasteiger partial charge in [-0.15, -0.1) is 0 Å². The van der Waals surface area contributed by atoms with E-state index in [0.29, 0.717) is 0 Å². The van der Waals surface area contributed by atoms with Crippen LogP contribution in [0.25, 0.3) is 0 Å². The van der Waals surface area contributed by atoms with Gasteiger partial charge in [-0.1, -0.05) is 22.0 Å². The van der Waals surface area contributed by atoms with Crippen LogP contribution in [-0.4, -0.2) is 11.9 Å². The molecule has 0 saturated carbocycles. The van der Waals surface area contributed by atoms with Crippen LogP contribution in [0.3, 0.4) is 0 Å². The van der Waals surface area contributed by atoms with Crippen molar-refractivity contribution < 1.29 is 4.74 Å². The average molecular weight is 341 g/mol. The van der Waals surface area contributed by atoms with Crippen molar-refractivity contribution in [1.82, 2.24) is 0 Å². The first-order valence-electron chi connectivity index (χ1n) is 3.69. The van der Waals surface area contributed by atoms with E-state index < -0.39 is 0 Å². The monoisotopic (exact) mass is 340 g/mol. The van der Waals surface area contributed by atoms with Gasteiger partial charge in [0.05, 0.1) is 6.61 Å². The molecule has 0 aliphatic heterocycles. The molecule has 1 rings (SSSR count). The SMILES string of the molecule is Cc1ccc(OCCBr)cc1I. The largest absolute Gasteiger partial charge is 0.493 e. The Morgan fingerprint density at radius 1 is 1.50 bits per heavy atom. The van der Waals surface area contributed by atoms with E-state index in [4.69, 9.17) is 4.74 Å². The van der Waals surface area contributed by atoms with E-state index >= 15 is 0 Å². The van der Waals surface area contributed by atoms with E-state index in [-0.39, 0.29) is 0 Å². The van der Waals surface area contributed by atoms with Gasteiger partial charge in [-0.2, -0.15) is 0 Å². The van der Waals surface area contributed by atoms with Gasteiger partial charge in [0, 0.05) is 8.90 Å². The standard InChI is InChI=1S/C9H10BrIO/c1-7-2-3-8(6-9(7)11)12-5-4-10/h2-3,6H,4-5H2,1H3. The molecule has 1 nitrogen and oxygen atoms in total. The summed E-state index contributed by atoms with van der Waals surface area (Å²) in [5.41, 5.74) is 1.29. The van der Waals surface area contributed by atoms with Crippen molar-refractivity contribution in [3.8, 4) is 5.75 Å². The highest BCUT2D eigenvalue weighted by atomic mass is 127. The molecular weight excluding hydrogens is 331 g/mol. The molecule has 1 aromatic carbocycles. The second-order valence-electron chi connectivity index (χ2n) is 2.45. The first-order chi connectivity index (χ1) is 5.74. The summed E-state index contributed by atoms with van der Waals surface area (Å²) in [4.78, 5) is 0. The van der Waals surface area contributed by atoms with E-state index in [2.05, 4.69) is 57.6 Å². The van der Waals surface area contributed by atoms with Crippen molar-refractivity contribution in [2.75, 3.05) is 11.9 Å². The molecule has 0 heterocycles. The molecule has 0 aliphatic rings. The molecule has 0 bridgehead atoms. The van der Waals surface area contributed by atoms with Gasteiger partial charge in [-0.05, 0) is 47.2 Å². The summed E-state index contributed by atoms with van der Waals surface area (Å²) in [5.74, 6) is 0.949. The highest BCUT2D eigenvalue weighted by Gasteiger charge is 1.96. The Morgan fingerprint density at radius 3 is 2.83 bits per heavy atom. The number of benzene rings is 1. The minimum atomic E-state index is 0.721. The maximum absolute atomic E-state index is 5.44. The van der Waals surface area contributed by atoms with Gasteiger partial charge < -0.3 is 4.74 Å². The molecular formula is C9H10BrIO. The number of alkyl halides is 1. The molecule has 66 valence electrons. The fourth-order valence-electron chi connectivity index (χ4n) is 0.820. The first-order valence-corrected chi connectivity index (χ1v) is 5.89. The predicted molar refractivity (Wildman–Crippen MR) is 63.2 cm³/mol. The highest BCUT2D eigenvalue weighted by Crippen LogP contribution is 2.18. The molecule has 0 aromatic heterocycles. The van der Waals surface area contributed by atoms with Crippen LogP contribution in [0.4, 0.5) is 0 Å². The molecule has 0 aliphatic carbocycles. The van der Waals surface area contributed by atoms with Crippen LogP contribution >= 0.6 is 38.5 Å². The number of ether oxygens (including phenoxy) is 1. The van der Waals surface area contributed by atoms with Crippen molar-refractivity contribution in [2.24, 2.45) is 0 Å². The van der Waals surface area contributed by atoms with Crippen LogP contribution in [0.1, 0.15) is 5.56 Å². The second-order valence-corrected chi connectivity index (χ2v) is 4.40. The van der Waals surface area contributed by atoms with Crippen LogP contribution in [0.2, 0.25) is 0 Å². The maximum atomic E-state index is 5.44. The van der Waals surface area contributed by atoms with Crippen molar-refractivity contribution in [1.29, 1.82) is 0 Å². The Bertz CT molecular complexity index is 263. The first kappa shape index (κ1) is 10.3. The highest BCUT2D eigenvalue weighted by molar-refractivity contribution is 14.1. The predicted octanol–water partition coefficient (Wildman–Crippen LogP) is 3.37. The number of hydrogen-bond donors (Lipinski definition) is 0. The molecule has 0 saturated heterocycles. The van der Waals surface area contributed by atoms with Crippen LogP contribution in [0.15, 0.2) is 18.2 Å². The third kappa shape index (κ3) is 2.94. The summed E-state index contributed by atoms with van der Waals surface area (Å²) >= 11 is 5.62. The molecule has 0 amide bonds. The summed E-state index contributed by atoms with van der Waals surface area (Å²) in [5, 5.41) is 0.872. The lowest BCUT2D eigenvalue weighted by atomic mass is 10.2. The summed E-state index contributed by atoms with van der Waals surface area (Å²) in [7, 11) is 0. The van der Waals surface area contributed by atoms with E-state index in [1.165, 1.54) is 9.13 Å². The van der Waals surface area contributed by atoms with Gasteiger partial charge >= 0.3 is 0 Å². The smallest absolute Gasteiger partial charge is 0.120 e. The van der Waals surface area contributed by atoms with Crippen molar-refractivity contribution in [2.45, 2.75) is 6.92 Å². The van der Waals surface area contributed by atoms with E-state index in [0.717, 1.165) is 17.7 Å². The summed E-state index contributed by atoms with van der Waals surface area (Å²) < 4.78 is 6.69. The number of hydrogen-bond acceptors (Lipinski definition) is 1. The van der Waals surface area contributed by atoms with E-state index in [1.54, 1.807) is 0 Å². The molecule has 0 N–H and O–H groups in total. The van der Waals surface area contributed by atoms with Gasteiger partial charge in [0.1, 0.15) is 5.75 Å². The number of rotatable bonds is 3. The summed E-state index contributed by atoms with van der Waals surface area (Å²) in [6, 6.07) is 6.13. The van der Waals surface area contributed by atoms with Crippen molar-refractivity contribution >= 4 is 38.5 Å². The Kier molecular flexibility index (Phi) is 4.35. The Morgan fingerprint density at radius 2 is 2.25 bits per heavy atom. The fraction of sp³-hybridized carbons (Fsp3) is 0.333. The molecule has 0 atom stereocenters. The minimum Gasteiger partial charge on any atom is -0.493 e. The van der Waals surface area contributed by atoms with E-state index in [9.17, 15) is 0 Å². The molecule has 3 heteroatoms. The van der Waals surface area contributed by atoms with Crippen LogP contribution in [0, 0.1) is 10.5 Å². The minimum absolute atomic E-state index is 0.721. The fourth-order valence-corrected chi connectivity index (χ4v) is 1.47. The molecule has 12 heavy (non-hydrogen) atoms. The zero-order chi connectivity index (χ0) is 8.97. The normalized spacial score (nSPS) is 9.92. The average Bonchev–Trinajstić information content (AvgIpc) is 2.07. The Balaban J connectivity index is 2.69. The van der Waals surface area contributed by atoms with Gasteiger partial charge in [0.15, 0.2) is 0 Å². The molecule has 0 spiro atoms. The quantitative estimate of drug-likeness (QED) is 0.605. The molecule has 0 radical (unpaired) electrons. The maximum Gasteiger partial charge on any atom is 0.120 e. The third-order valence-electron chi connectivity index (χ3n) is 1.49. The Hall–Kier alpha value is 0.230. The third-order valence-corrected chi connectivity index (χ3v) is 2.98. The number of halogens is 2. The van der Waals surface area contributed by atoms with Crippen LogP contribution in [-0.2, 0) is 0 Å². The van der Waals surface area contributed by atoms with E-state index in [1.807, 2.05) is 6.07 Å². The van der Waals surface area contributed by atoms with Gasteiger partial charge in [-0.25, -0.2) is 0 Å². The van der Waals surface area contributed by atoms with Crippen LogP contribution in [0.5, 0.6) is 5.75 Å². The zero-order valence-electron chi connectivity index (χ0n) is 6.81.